The first-order chi connectivity index (χ1) is 13.9. The van der Waals surface area contributed by atoms with Crippen LogP contribution in [0.5, 0.6) is 0 Å². The lowest BCUT2D eigenvalue weighted by Crippen LogP contribution is -2.22. The van der Waals surface area contributed by atoms with E-state index in [4.69, 9.17) is 11.6 Å². The lowest BCUT2D eigenvalue weighted by Gasteiger charge is -2.18. The number of anilines is 2. The molecule has 0 spiro atoms. The molecule has 0 aliphatic rings. The maximum Gasteiger partial charge on any atom is 0.230 e. The molecule has 4 aromatic rings. The van der Waals surface area contributed by atoms with Gasteiger partial charge in [-0.15, -0.1) is 22.7 Å². The van der Waals surface area contributed by atoms with Crippen molar-refractivity contribution in [3.05, 3.63) is 57.1 Å². The van der Waals surface area contributed by atoms with Gasteiger partial charge < -0.3 is 0 Å². The van der Waals surface area contributed by atoms with E-state index in [1.165, 1.54) is 28.7 Å². The summed E-state index contributed by atoms with van der Waals surface area (Å²) in [6, 6.07) is 7.22. The Hall–Kier alpha value is -2.00. The van der Waals surface area contributed by atoms with Gasteiger partial charge in [-0.05, 0) is 37.6 Å². The number of amides is 1. The number of thiazole rings is 1. The number of fused-ring (bicyclic) bond motifs is 1. The van der Waals surface area contributed by atoms with Crippen LogP contribution < -0.4 is 4.90 Å². The summed E-state index contributed by atoms with van der Waals surface area (Å²) in [5.74, 6) is 0.556. The van der Waals surface area contributed by atoms with Crippen LogP contribution >= 0.6 is 46.0 Å². The van der Waals surface area contributed by atoms with Gasteiger partial charge in [0, 0.05) is 33.3 Å². The lowest BCUT2D eigenvalue weighted by molar-refractivity contribution is -0.115. The van der Waals surface area contributed by atoms with Gasteiger partial charge in [-0.25, -0.2) is 15.0 Å². The molecule has 0 aliphatic carbocycles. The summed E-state index contributed by atoms with van der Waals surface area (Å²) in [4.78, 5) is 29.7. The minimum atomic E-state index is -0.109. The molecular formula is C20H17ClN4OS3. The Balaban J connectivity index is 1.57. The Morgan fingerprint density at radius 3 is 2.86 bits per heavy atom. The Kier molecular flexibility index (Phi) is 5.87. The summed E-state index contributed by atoms with van der Waals surface area (Å²) < 4.78 is 0. The molecule has 0 atom stereocenters. The molecule has 148 valence electrons. The Morgan fingerprint density at radius 1 is 1.28 bits per heavy atom. The van der Waals surface area contributed by atoms with Crippen molar-refractivity contribution in [1.29, 1.82) is 0 Å². The number of thioether (sulfide) groups is 1. The van der Waals surface area contributed by atoms with Crippen molar-refractivity contribution < 1.29 is 4.79 Å². The number of halogens is 1. The Labute approximate surface area is 185 Å². The SMILES string of the molecule is CC(=O)N(c1cccc(Cl)c1)c1nc(CSc2ncnc3sc(C)c(C)c23)cs1. The molecule has 0 saturated carbocycles. The lowest BCUT2D eigenvalue weighted by atomic mass is 10.2. The molecule has 1 amide bonds. The van der Waals surface area contributed by atoms with Crippen molar-refractivity contribution in [3.63, 3.8) is 0 Å². The first-order valence-electron chi connectivity index (χ1n) is 8.78. The van der Waals surface area contributed by atoms with E-state index in [2.05, 4.69) is 28.8 Å². The van der Waals surface area contributed by atoms with Gasteiger partial charge in [0.2, 0.25) is 5.91 Å². The number of carbonyl (C=O) groups excluding carboxylic acids is 1. The first-order valence-corrected chi connectivity index (χ1v) is 11.8. The number of thiophene rings is 1. The van der Waals surface area contributed by atoms with Crippen LogP contribution in [0.15, 0.2) is 41.0 Å². The molecule has 3 heterocycles. The number of aryl methyl sites for hydroxylation is 2. The zero-order valence-electron chi connectivity index (χ0n) is 16.0. The van der Waals surface area contributed by atoms with Gasteiger partial charge >= 0.3 is 0 Å². The molecule has 0 fully saturated rings. The zero-order valence-corrected chi connectivity index (χ0v) is 19.2. The summed E-state index contributed by atoms with van der Waals surface area (Å²) in [7, 11) is 0. The van der Waals surface area contributed by atoms with E-state index in [0.717, 1.165) is 20.9 Å². The Bertz CT molecular complexity index is 1200. The second-order valence-corrected chi connectivity index (χ2v) is 9.83. The second kappa shape index (κ2) is 8.39. The smallest absolute Gasteiger partial charge is 0.230 e. The highest BCUT2D eigenvalue weighted by atomic mass is 35.5. The van der Waals surface area contributed by atoms with Gasteiger partial charge in [0.1, 0.15) is 16.2 Å². The predicted molar refractivity (Wildman–Crippen MR) is 123 cm³/mol. The van der Waals surface area contributed by atoms with Crippen LogP contribution in [0.4, 0.5) is 10.8 Å². The van der Waals surface area contributed by atoms with Crippen molar-refractivity contribution in [2.24, 2.45) is 0 Å². The maximum absolute atomic E-state index is 12.3. The summed E-state index contributed by atoms with van der Waals surface area (Å²) in [5, 5.41) is 5.28. The number of aromatic nitrogens is 3. The number of hydrogen-bond acceptors (Lipinski definition) is 7. The molecule has 0 bridgehead atoms. The van der Waals surface area contributed by atoms with Crippen LogP contribution in [0.1, 0.15) is 23.1 Å². The average molecular weight is 461 g/mol. The number of benzene rings is 1. The number of nitrogens with zero attached hydrogens (tertiary/aromatic N) is 4. The second-order valence-electron chi connectivity index (χ2n) is 6.39. The van der Waals surface area contributed by atoms with Crippen LogP contribution in [-0.2, 0) is 10.5 Å². The van der Waals surface area contributed by atoms with Crippen molar-refractivity contribution in [1.82, 2.24) is 15.0 Å². The highest BCUT2D eigenvalue weighted by Gasteiger charge is 2.19. The van der Waals surface area contributed by atoms with Crippen molar-refractivity contribution in [3.8, 4) is 0 Å². The molecule has 3 aromatic heterocycles. The van der Waals surface area contributed by atoms with Gasteiger partial charge in [-0.1, -0.05) is 29.4 Å². The van der Waals surface area contributed by atoms with Crippen molar-refractivity contribution in [2.45, 2.75) is 31.6 Å². The van der Waals surface area contributed by atoms with Crippen LogP contribution in [0, 0.1) is 13.8 Å². The molecule has 0 radical (unpaired) electrons. The van der Waals surface area contributed by atoms with Crippen LogP contribution in [0.25, 0.3) is 10.2 Å². The van der Waals surface area contributed by atoms with Gasteiger partial charge in [0.05, 0.1) is 11.4 Å². The van der Waals surface area contributed by atoms with E-state index in [9.17, 15) is 4.79 Å². The zero-order chi connectivity index (χ0) is 20.5. The van der Waals surface area contributed by atoms with E-state index in [1.807, 2.05) is 17.5 Å². The number of carbonyl (C=O) groups is 1. The molecule has 1 aromatic carbocycles. The number of rotatable bonds is 5. The third kappa shape index (κ3) is 4.16. The van der Waals surface area contributed by atoms with E-state index < -0.39 is 0 Å². The van der Waals surface area contributed by atoms with Crippen LogP contribution in [0.2, 0.25) is 5.02 Å². The summed E-state index contributed by atoms with van der Waals surface area (Å²) in [6.45, 7) is 5.74. The van der Waals surface area contributed by atoms with E-state index in [-0.39, 0.29) is 5.91 Å². The molecule has 0 saturated heterocycles. The highest BCUT2D eigenvalue weighted by molar-refractivity contribution is 7.98. The molecule has 29 heavy (non-hydrogen) atoms. The quantitative estimate of drug-likeness (QED) is 0.255. The first kappa shape index (κ1) is 20.3. The predicted octanol–water partition coefficient (Wildman–Crippen LogP) is 6.39. The molecule has 0 N–H and O–H groups in total. The van der Waals surface area contributed by atoms with E-state index >= 15 is 0 Å². The summed E-state index contributed by atoms with van der Waals surface area (Å²) in [6.07, 6.45) is 1.61. The fourth-order valence-corrected chi connectivity index (χ4v) is 6.10. The fourth-order valence-electron chi connectivity index (χ4n) is 2.91. The normalized spacial score (nSPS) is 11.2. The summed E-state index contributed by atoms with van der Waals surface area (Å²) in [5.41, 5.74) is 2.84. The minimum Gasteiger partial charge on any atom is -0.274 e. The van der Waals surface area contributed by atoms with Gasteiger partial charge in [-0.2, -0.15) is 0 Å². The average Bonchev–Trinajstić information content (AvgIpc) is 3.25. The van der Waals surface area contributed by atoms with Gasteiger partial charge in [0.25, 0.3) is 0 Å². The van der Waals surface area contributed by atoms with Crippen molar-refractivity contribution >= 4 is 73.0 Å². The monoisotopic (exact) mass is 460 g/mol. The minimum absolute atomic E-state index is 0.109. The molecule has 4 rings (SSSR count). The van der Waals surface area contributed by atoms with Crippen LogP contribution in [0.3, 0.4) is 0 Å². The largest absolute Gasteiger partial charge is 0.274 e. The Morgan fingerprint density at radius 2 is 2.10 bits per heavy atom. The molecule has 5 nitrogen and oxygen atoms in total. The summed E-state index contributed by atoms with van der Waals surface area (Å²) >= 11 is 10.9. The highest BCUT2D eigenvalue weighted by Crippen LogP contribution is 2.36. The molecule has 0 unspecified atom stereocenters. The molecular weight excluding hydrogens is 444 g/mol. The van der Waals surface area contributed by atoms with E-state index in [1.54, 1.807) is 46.5 Å². The maximum atomic E-state index is 12.3. The molecule has 9 heteroatoms. The molecule has 0 aliphatic heterocycles. The van der Waals surface area contributed by atoms with Crippen LogP contribution in [-0.4, -0.2) is 20.9 Å². The topological polar surface area (TPSA) is 59.0 Å². The van der Waals surface area contributed by atoms with Crippen molar-refractivity contribution in [2.75, 3.05) is 4.90 Å². The third-order valence-electron chi connectivity index (χ3n) is 4.40. The van der Waals surface area contributed by atoms with E-state index in [0.29, 0.717) is 21.6 Å². The van der Waals surface area contributed by atoms with Gasteiger partial charge in [-0.3, -0.25) is 9.69 Å². The standard InChI is InChI=1S/C20H17ClN4OS3/c1-11-12(2)29-19-17(11)18(22-10-23-19)27-8-15-9-28-20(24-15)25(13(3)26)16-6-4-5-14(21)7-16/h4-7,9-10H,8H2,1-3H3. The third-order valence-corrected chi connectivity index (χ3v) is 7.65. The number of hydrogen-bond donors (Lipinski definition) is 0. The van der Waals surface area contributed by atoms with Gasteiger partial charge in [0.15, 0.2) is 5.13 Å². The fraction of sp³-hybridized carbons (Fsp3) is 0.200.